The number of carbonyl (C=O) groups is 1. The molecular weight excluding hydrogens is 386 g/mol. The molecule has 0 saturated carbocycles. The lowest BCUT2D eigenvalue weighted by Gasteiger charge is -2.38. The maximum atomic E-state index is 13.0. The van der Waals surface area contributed by atoms with Crippen molar-refractivity contribution < 1.29 is 9.53 Å². The monoisotopic (exact) mass is 421 g/mol. The number of rotatable bonds is 7. The molecule has 5 heteroatoms. The molecule has 166 valence electrons. The molecule has 0 bridgehead atoms. The number of carbonyl (C=O) groups excluding carboxylic acids is 1. The van der Waals surface area contributed by atoms with Crippen LogP contribution >= 0.6 is 0 Å². The van der Waals surface area contributed by atoms with E-state index in [-0.39, 0.29) is 0 Å². The maximum absolute atomic E-state index is 13.0. The van der Waals surface area contributed by atoms with Gasteiger partial charge in [0.25, 0.3) is 0 Å². The van der Waals surface area contributed by atoms with Crippen LogP contribution in [0.25, 0.3) is 0 Å². The van der Waals surface area contributed by atoms with Gasteiger partial charge in [0.15, 0.2) is 0 Å². The maximum Gasteiger partial charge on any atom is 0.236 e. The molecule has 5 nitrogen and oxygen atoms in total. The zero-order chi connectivity index (χ0) is 21.5. The van der Waals surface area contributed by atoms with Gasteiger partial charge in [-0.3, -0.25) is 9.69 Å². The van der Waals surface area contributed by atoms with Gasteiger partial charge in [0.2, 0.25) is 5.91 Å². The van der Waals surface area contributed by atoms with Gasteiger partial charge in [-0.05, 0) is 49.8 Å². The van der Waals surface area contributed by atoms with Gasteiger partial charge in [0.1, 0.15) is 5.75 Å². The highest BCUT2D eigenvalue weighted by atomic mass is 16.5. The number of nitrogens with zero attached hydrogens (tertiary/aromatic N) is 3. The van der Waals surface area contributed by atoms with Crippen LogP contribution in [0, 0.1) is 5.92 Å². The molecule has 0 aromatic heterocycles. The van der Waals surface area contributed by atoms with Crippen molar-refractivity contribution in [1.82, 2.24) is 9.80 Å². The number of amides is 1. The van der Waals surface area contributed by atoms with E-state index in [1.807, 2.05) is 19.1 Å². The molecule has 4 rings (SSSR count). The Morgan fingerprint density at radius 3 is 2.48 bits per heavy atom. The first-order valence-electron chi connectivity index (χ1n) is 11.7. The van der Waals surface area contributed by atoms with Crippen molar-refractivity contribution in [2.45, 2.75) is 26.2 Å². The second kappa shape index (κ2) is 10.7. The van der Waals surface area contributed by atoms with Gasteiger partial charge in [-0.2, -0.15) is 0 Å². The van der Waals surface area contributed by atoms with Gasteiger partial charge in [-0.25, -0.2) is 0 Å². The Morgan fingerprint density at radius 1 is 0.968 bits per heavy atom. The fourth-order valence-electron chi connectivity index (χ4n) is 4.84. The molecule has 31 heavy (non-hydrogen) atoms. The van der Waals surface area contributed by atoms with E-state index >= 15 is 0 Å². The summed E-state index contributed by atoms with van der Waals surface area (Å²) in [5, 5.41) is 0. The molecule has 1 unspecified atom stereocenters. The Balaban J connectivity index is 1.26. The molecule has 2 aliphatic rings. The highest BCUT2D eigenvalue weighted by Crippen LogP contribution is 2.29. The number of likely N-dealkylation sites (tertiary alicyclic amines) is 1. The predicted molar refractivity (Wildman–Crippen MR) is 126 cm³/mol. The Labute approximate surface area is 186 Å². The lowest BCUT2D eigenvalue weighted by molar-refractivity contribution is -0.134. The van der Waals surface area contributed by atoms with Crippen molar-refractivity contribution in [1.29, 1.82) is 0 Å². The van der Waals surface area contributed by atoms with Crippen LogP contribution in [0.1, 0.15) is 25.3 Å². The summed E-state index contributed by atoms with van der Waals surface area (Å²) in [6.07, 6.45) is 3.41. The molecule has 1 atom stereocenters. The van der Waals surface area contributed by atoms with E-state index in [2.05, 4.69) is 57.2 Å². The molecule has 2 aliphatic heterocycles. The summed E-state index contributed by atoms with van der Waals surface area (Å²) in [5.74, 6) is 1.82. The lowest BCUT2D eigenvalue weighted by atomic mass is 9.91. The molecule has 2 fully saturated rings. The zero-order valence-corrected chi connectivity index (χ0v) is 18.7. The van der Waals surface area contributed by atoms with Crippen molar-refractivity contribution in [2.75, 3.05) is 57.3 Å². The highest BCUT2D eigenvalue weighted by molar-refractivity contribution is 5.78. The minimum absolute atomic E-state index is 0.293. The van der Waals surface area contributed by atoms with E-state index in [9.17, 15) is 4.79 Å². The third kappa shape index (κ3) is 5.79. The minimum Gasteiger partial charge on any atom is -0.492 e. The summed E-state index contributed by atoms with van der Waals surface area (Å²) in [6.45, 7) is 8.71. The third-order valence-corrected chi connectivity index (χ3v) is 6.48. The number of piperazine rings is 1. The fraction of sp³-hybridized carbons (Fsp3) is 0.500. The van der Waals surface area contributed by atoms with Gasteiger partial charge in [0, 0.05) is 39.3 Å². The van der Waals surface area contributed by atoms with Crippen LogP contribution in [0.3, 0.4) is 0 Å². The number of hydrogen-bond acceptors (Lipinski definition) is 4. The van der Waals surface area contributed by atoms with Crippen LogP contribution in [0.2, 0.25) is 0 Å². The number of hydrogen-bond donors (Lipinski definition) is 0. The van der Waals surface area contributed by atoms with Gasteiger partial charge >= 0.3 is 0 Å². The van der Waals surface area contributed by atoms with E-state index in [0.717, 1.165) is 63.5 Å². The summed E-state index contributed by atoms with van der Waals surface area (Å²) in [7, 11) is 0. The highest BCUT2D eigenvalue weighted by Gasteiger charge is 2.27. The average Bonchev–Trinajstić information content (AvgIpc) is 2.81. The lowest BCUT2D eigenvalue weighted by Crippen LogP contribution is -2.51. The van der Waals surface area contributed by atoms with Gasteiger partial charge in [0.05, 0.1) is 18.8 Å². The van der Waals surface area contributed by atoms with Crippen LogP contribution in [0.5, 0.6) is 5.75 Å². The molecule has 1 amide bonds. The number of benzene rings is 2. The van der Waals surface area contributed by atoms with Crippen LogP contribution in [-0.4, -0.2) is 68.1 Å². The number of piperidine rings is 1. The quantitative estimate of drug-likeness (QED) is 0.683. The SMILES string of the molecule is CCOc1ccccc1N1CCN(CC(=O)N2CCCC(Cc3ccccc3)C2)CC1. The first-order valence-corrected chi connectivity index (χ1v) is 11.7. The fourth-order valence-corrected chi connectivity index (χ4v) is 4.84. The summed E-state index contributed by atoms with van der Waals surface area (Å²) >= 11 is 0. The van der Waals surface area contributed by atoms with E-state index in [0.29, 0.717) is 25.0 Å². The van der Waals surface area contributed by atoms with Crippen LogP contribution in [0.15, 0.2) is 54.6 Å². The molecule has 0 spiro atoms. The smallest absolute Gasteiger partial charge is 0.236 e. The van der Waals surface area contributed by atoms with E-state index in [1.54, 1.807) is 0 Å². The largest absolute Gasteiger partial charge is 0.492 e. The average molecular weight is 422 g/mol. The van der Waals surface area contributed by atoms with Crippen LogP contribution in [0.4, 0.5) is 5.69 Å². The molecule has 2 aromatic rings. The number of anilines is 1. The summed E-state index contributed by atoms with van der Waals surface area (Å²) < 4.78 is 5.80. The second-order valence-corrected chi connectivity index (χ2v) is 8.70. The topological polar surface area (TPSA) is 36.0 Å². The van der Waals surface area contributed by atoms with Gasteiger partial charge in [-0.15, -0.1) is 0 Å². The van der Waals surface area contributed by atoms with E-state index < -0.39 is 0 Å². The Bertz CT molecular complexity index is 834. The first kappa shape index (κ1) is 21.7. The minimum atomic E-state index is 0.293. The standard InChI is InChI=1S/C26H35N3O2/c1-2-31-25-13-7-6-12-24(25)28-17-15-27(16-18-28)21-26(30)29-14-8-11-23(20-29)19-22-9-4-3-5-10-22/h3-7,9-10,12-13,23H,2,8,11,14-21H2,1H3. The number of para-hydroxylation sites is 2. The molecule has 0 radical (unpaired) electrons. The van der Waals surface area contributed by atoms with Crippen molar-refractivity contribution >= 4 is 11.6 Å². The molecule has 0 N–H and O–H groups in total. The van der Waals surface area contributed by atoms with Crippen molar-refractivity contribution in [3.05, 3.63) is 60.2 Å². The summed E-state index contributed by atoms with van der Waals surface area (Å²) in [6, 6.07) is 18.9. The zero-order valence-electron chi connectivity index (χ0n) is 18.7. The summed E-state index contributed by atoms with van der Waals surface area (Å²) in [5.41, 5.74) is 2.54. The van der Waals surface area contributed by atoms with Crippen molar-refractivity contribution in [3.8, 4) is 5.75 Å². The molecule has 2 heterocycles. The normalized spacial score (nSPS) is 20.0. The van der Waals surface area contributed by atoms with E-state index in [1.165, 1.54) is 12.0 Å². The second-order valence-electron chi connectivity index (χ2n) is 8.70. The Hall–Kier alpha value is -2.53. The van der Waals surface area contributed by atoms with E-state index in [4.69, 9.17) is 4.74 Å². The first-order chi connectivity index (χ1) is 15.2. The molecule has 2 aromatic carbocycles. The molecule has 0 aliphatic carbocycles. The van der Waals surface area contributed by atoms with Crippen molar-refractivity contribution in [3.63, 3.8) is 0 Å². The van der Waals surface area contributed by atoms with Gasteiger partial charge < -0.3 is 14.5 Å². The summed E-state index contributed by atoms with van der Waals surface area (Å²) in [4.78, 5) is 19.8. The molecular formula is C26H35N3O2. The third-order valence-electron chi connectivity index (χ3n) is 6.48. The number of ether oxygens (including phenoxy) is 1. The Kier molecular flexibility index (Phi) is 7.47. The van der Waals surface area contributed by atoms with Crippen molar-refractivity contribution in [2.24, 2.45) is 5.92 Å². The Morgan fingerprint density at radius 2 is 1.71 bits per heavy atom. The van der Waals surface area contributed by atoms with Crippen LogP contribution < -0.4 is 9.64 Å². The van der Waals surface area contributed by atoms with Gasteiger partial charge in [-0.1, -0.05) is 42.5 Å². The molecule has 2 saturated heterocycles. The predicted octanol–water partition coefficient (Wildman–Crippen LogP) is 3.69. The van der Waals surface area contributed by atoms with Crippen LogP contribution in [-0.2, 0) is 11.2 Å².